The smallest absolute Gasteiger partial charge is 0.330 e. The van der Waals surface area contributed by atoms with E-state index in [0.29, 0.717) is 17.7 Å². The van der Waals surface area contributed by atoms with Crippen LogP contribution in [-0.2, 0) is 4.79 Å². The van der Waals surface area contributed by atoms with Gasteiger partial charge in [-0.3, -0.25) is 0 Å². The fourth-order valence-electron chi connectivity index (χ4n) is 1.77. The summed E-state index contributed by atoms with van der Waals surface area (Å²) in [5.41, 5.74) is 0.720. The van der Waals surface area contributed by atoms with Gasteiger partial charge in [-0.25, -0.2) is 4.79 Å². The molecule has 14 heavy (non-hydrogen) atoms. The maximum absolute atomic E-state index is 10.5. The zero-order valence-corrected chi connectivity index (χ0v) is 8.97. The normalized spacial score (nSPS) is 20.3. The molecule has 3 heteroatoms. The van der Waals surface area contributed by atoms with E-state index < -0.39 is 5.97 Å². The molecule has 1 saturated carbocycles. The summed E-state index contributed by atoms with van der Waals surface area (Å²) in [6, 6.07) is 0. The van der Waals surface area contributed by atoms with Crippen LogP contribution in [0.3, 0.4) is 0 Å². The lowest BCUT2D eigenvalue weighted by Gasteiger charge is -2.42. The van der Waals surface area contributed by atoms with Crippen molar-refractivity contribution in [3.8, 4) is 0 Å². The fraction of sp³-hybridized carbons (Fsp3) is 0.727. The Morgan fingerprint density at radius 3 is 2.57 bits per heavy atom. The number of carboxylic acids is 1. The molecule has 1 aliphatic rings. The average Bonchev–Trinajstić information content (AvgIpc) is 2.09. The number of hydrogen-bond acceptors (Lipinski definition) is 2. The number of nitrogens with one attached hydrogen (secondary N) is 1. The summed E-state index contributed by atoms with van der Waals surface area (Å²) >= 11 is 0. The van der Waals surface area contributed by atoms with Crippen LogP contribution in [-0.4, -0.2) is 23.2 Å². The van der Waals surface area contributed by atoms with Crippen LogP contribution < -0.4 is 5.32 Å². The number of carboxylic acid groups (broad SMARTS) is 1. The first-order chi connectivity index (χ1) is 6.59. The van der Waals surface area contributed by atoms with Crippen LogP contribution in [0.4, 0.5) is 0 Å². The molecule has 1 rings (SSSR count). The third kappa shape index (κ3) is 2.58. The van der Waals surface area contributed by atoms with Crippen LogP contribution in [0.25, 0.3) is 0 Å². The molecule has 0 aliphatic heterocycles. The molecule has 1 fully saturated rings. The van der Waals surface area contributed by atoms with Gasteiger partial charge >= 0.3 is 5.97 Å². The summed E-state index contributed by atoms with van der Waals surface area (Å²) < 4.78 is 0. The van der Waals surface area contributed by atoms with Crippen molar-refractivity contribution in [2.45, 2.75) is 45.1 Å². The lowest BCUT2D eigenvalue weighted by Crippen LogP contribution is -2.50. The Kier molecular flexibility index (Phi) is 3.69. The van der Waals surface area contributed by atoms with Gasteiger partial charge in [0.25, 0.3) is 0 Å². The van der Waals surface area contributed by atoms with Gasteiger partial charge in [0, 0.05) is 17.7 Å². The van der Waals surface area contributed by atoms with Crippen LogP contribution in [0.1, 0.15) is 39.5 Å². The summed E-state index contributed by atoms with van der Waals surface area (Å²) in [6.45, 7) is 4.48. The van der Waals surface area contributed by atoms with Gasteiger partial charge in [-0.05, 0) is 32.6 Å². The minimum absolute atomic E-state index is 0.301. The summed E-state index contributed by atoms with van der Waals surface area (Å²) in [4.78, 5) is 10.5. The molecule has 0 saturated heterocycles. The quantitative estimate of drug-likeness (QED) is 0.662. The molecular formula is C11H19NO2. The molecule has 0 heterocycles. The number of hydrogen-bond donors (Lipinski definition) is 2. The molecule has 1 aliphatic carbocycles. The van der Waals surface area contributed by atoms with Crippen molar-refractivity contribution in [3.05, 3.63) is 11.6 Å². The minimum atomic E-state index is -0.828. The van der Waals surface area contributed by atoms with Crippen LogP contribution in [0, 0.1) is 0 Å². The highest BCUT2D eigenvalue weighted by Gasteiger charge is 2.33. The highest BCUT2D eigenvalue weighted by Crippen LogP contribution is 2.34. The molecule has 80 valence electrons. The van der Waals surface area contributed by atoms with Crippen LogP contribution in [0.15, 0.2) is 11.6 Å². The number of aliphatic carboxylic acids is 1. The predicted molar refractivity (Wildman–Crippen MR) is 56.3 cm³/mol. The second kappa shape index (κ2) is 4.60. The topological polar surface area (TPSA) is 49.3 Å². The number of carbonyl (C=O) groups is 1. The third-order valence-electron chi connectivity index (χ3n) is 3.21. The molecule has 2 N–H and O–H groups in total. The Labute approximate surface area is 85.2 Å². The standard InChI is InChI=1S/C11H19NO2/c1-3-11(6-4-7-11)12-8-5-9(2)10(13)14/h5,12H,3-4,6-8H2,1-2H3,(H,13,14)/b9-5-. The van der Waals surface area contributed by atoms with E-state index in [1.165, 1.54) is 19.3 Å². The zero-order valence-electron chi connectivity index (χ0n) is 8.97. The predicted octanol–water partition coefficient (Wildman–Crippen LogP) is 1.94. The molecule has 0 atom stereocenters. The van der Waals surface area contributed by atoms with Crippen molar-refractivity contribution < 1.29 is 9.90 Å². The highest BCUT2D eigenvalue weighted by atomic mass is 16.4. The molecule has 0 bridgehead atoms. The van der Waals surface area contributed by atoms with E-state index in [-0.39, 0.29) is 0 Å². The van der Waals surface area contributed by atoms with Crippen molar-refractivity contribution in [1.29, 1.82) is 0 Å². The zero-order chi connectivity index (χ0) is 10.6. The minimum Gasteiger partial charge on any atom is -0.478 e. The summed E-state index contributed by atoms with van der Waals surface area (Å²) in [7, 11) is 0. The Morgan fingerprint density at radius 1 is 1.57 bits per heavy atom. The van der Waals surface area contributed by atoms with Gasteiger partial charge in [0.05, 0.1) is 0 Å². The van der Waals surface area contributed by atoms with Crippen LogP contribution in [0.5, 0.6) is 0 Å². The Morgan fingerprint density at radius 2 is 2.21 bits per heavy atom. The molecule has 0 unspecified atom stereocenters. The van der Waals surface area contributed by atoms with Gasteiger partial charge in [0.2, 0.25) is 0 Å². The SMILES string of the molecule is CCC1(NC/C=C(/C)C(=O)O)CCC1. The fourth-order valence-corrected chi connectivity index (χ4v) is 1.77. The van der Waals surface area contributed by atoms with E-state index in [9.17, 15) is 4.79 Å². The van der Waals surface area contributed by atoms with Crippen molar-refractivity contribution in [3.63, 3.8) is 0 Å². The van der Waals surface area contributed by atoms with E-state index in [1.54, 1.807) is 13.0 Å². The maximum atomic E-state index is 10.5. The second-order valence-electron chi connectivity index (χ2n) is 4.06. The lowest BCUT2D eigenvalue weighted by atomic mass is 9.75. The molecule has 3 nitrogen and oxygen atoms in total. The maximum Gasteiger partial charge on any atom is 0.330 e. The van der Waals surface area contributed by atoms with Gasteiger partial charge in [0.1, 0.15) is 0 Å². The lowest BCUT2D eigenvalue weighted by molar-refractivity contribution is -0.132. The summed E-state index contributed by atoms with van der Waals surface area (Å²) in [5.74, 6) is -0.828. The largest absolute Gasteiger partial charge is 0.478 e. The molecule has 0 radical (unpaired) electrons. The molecule has 0 spiro atoms. The Hall–Kier alpha value is -0.830. The van der Waals surface area contributed by atoms with Crippen molar-refractivity contribution in [2.24, 2.45) is 0 Å². The molecule has 0 amide bonds. The van der Waals surface area contributed by atoms with Gasteiger partial charge in [-0.15, -0.1) is 0 Å². The van der Waals surface area contributed by atoms with Gasteiger partial charge < -0.3 is 10.4 Å². The highest BCUT2D eigenvalue weighted by molar-refractivity contribution is 5.85. The van der Waals surface area contributed by atoms with E-state index >= 15 is 0 Å². The van der Waals surface area contributed by atoms with Crippen LogP contribution in [0.2, 0.25) is 0 Å². The van der Waals surface area contributed by atoms with Crippen LogP contribution >= 0.6 is 0 Å². The van der Waals surface area contributed by atoms with Crippen molar-refractivity contribution in [1.82, 2.24) is 5.32 Å². The Balaban J connectivity index is 2.33. The van der Waals surface area contributed by atoms with Crippen molar-refractivity contribution in [2.75, 3.05) is 6.54 Å². The summed E-state index contributed by atoms with van der Waals surface area (Å²) in [5, 5.41) is 12.1. The number of rotatable bonds is 5. The molecule has 0 aromatic rings. The molecular weight excluding hydrogens is 178 g/mol. The first-order valence-electron chi connectivity index (χ1n) is 5.25. The van der Waals surface area contributed by atoms with Gasteiger partial charge in [-0.1, -0.05) is 13.0 Å². The van der Waals surface area contributed by atoms with Gasteiger partial charge in [-0.2, -0.15) is 0 Å². The van der Waals surface area contributed by atoms with Crippen molar-refractivity contribution >= 4 is 5.97 Å². The van der Waals surface area contributed by atoms with E-state index in [2.05, 4.69) is 12.2 Å². The first-order valence-corrected chi connectivity index (χ1v) is 5.25. The molecule has 0 aromatic carbocycles. The second-order valence-corrected chi connectivity index (χ2v) is 4.06. The monoisotopic (exact) mass is 197 g/mol. The van der Waals surface area contributed by atoms with Gasteiger partial charge in [0.15, 0.2) is 0 Å². The molecule has 0 aromatic heterocycles. The third-order valence-corrected chi connectivity index (χ3v) is 3.21. The summed E-state index contributed by atoms with van der Waals surface area (Å²) in [6.07, 6.45) is 6.63. The van der Waals surface area contributed by atoms with E-state index in [1.807, 2.05) is 0 Å². The van der Waals surface area contributed by atoms with E-state index in [0.717, 1.165) is 6.42 Å². The average molecular weight is 197 g/mol. The first kappa shape index (κ1) is 11.2. The Bertz CT molecular complexity index is 236. The van der Waals surface area contributed by atoms with E-state index in [4.69, 9.17) is 5.11 Å².